The van der Waals surface area contributed by atoms with E-state index in [2.05, 4.69) is 0 Å². The molecular formula is C16H15NO4. The summed E-state index contributed by atoms with van der Waals surface area (Å²) in [5.74, 6) is -1.20. The van der Waals surface area contributed by atoms with Crippen molar-refractivity contribution in [3.05, 3.63) is 50.6 Å². The molecule has 0 saturated heterocycles. The molecule has 2 unspecified atom stereocenters. The second kappa shape index (κ2) is 4.62. The summed E-state index contributed by atoms with van der Waals surface area (Å²) >= 11 is 0. The van der Waals surface area contributed by atoms with Gasteiger partial charge in [-0.2, -0.15) is 0 Å². The smallest absolute Gasteiger partial charge is 0.280 e. The van der Waals surface area contributed by atoms with E-state index in [1.165, 1.54) is 18.2 Å². The van der Waals surface area contributed by atoms with Crippen LogP contribution in [-0.4, -0.2) is 16.5 Å². The molecule has 0 spiro atoms. The highest BCUT2D eigenvalue weighted by Gasteiger charge is 2.46. The largest absolute Gasteiger partial charge is 0.294 e. The highest BCUT2D eigenvalue weighted by atomic mass is 16.6. The van der Waals surface area contributed by atoms with E-state index in [4.69, 9.17) is 0 Å². The highest BCUT2D eigenvalue weighted by molar-refractivity contribution is 6.18. The number of nitro benzene ring substituents is 1. The molecule has 0 bridgehead atoms. The fourth-order valence-corrected chi connectivity index (χ4v) is 3.39. The van der Waals surface area contributed by atoms with Crippen LogP contribution in [-0.2, 0) is 0 Å². The Hall–Kier alpha value is -2.30. The Morgan fingerprint density at radius 2 is 1.62 bits per heavy atom. The molecule has 2 aliphatic carbocycles. The number of fused-ring (bicyclic) bond motifs is 2. The third-order valence-corrected chi connectivity index (χ3v) is 4.69. The van der Waals surface area contributed by atoms with E-state index in [1.54, 1.807) is 0 Å². The van der Waals surface area contributed by atoms with Gasteiger partial charge >= 0.3 is 0 Å². The zero-order valence-electron chi connectivity index (χ0n) is 11.9. The van der Waals surface area contributed by atoms with Crippen LogP contribution < -0.4 is 0 Å². The van der Waals surface area contributed by atoms with Crippen LogP contribution in [0, 0.1) is 22.0 Å². The zero-order chi connectivity index (χ0) is 15.3. The van der Waals surface area contributed by atoms with Gasteiger partial charge in [-0.3, -0.25) is 19.7 Å². The number of carbonyl (C=O) groups is 2. The van der Waals surface area contributed by atoms with E-state index >= 15 is 0 Å². The molecule has 108 valence electrons. The van der Waals surface area contributed by atoms with Crippen LogP contribution in [0.25, 0.3) is 0 Å². The first kappa shape index (κ1) is 13.7. The van der Waals surface area contributed by atoms with E-state index in [-0.39, 0.29) is 34.3 Å². The summed E-state index contributed by atoms with van der Waals surface area (Å²) in [4.78, 5) is 35.9. The maximum absolute atomic E-state index is 12.7. The van der Waals surface area contributed by atoms with E-state index in [9.17, 15) is 19.7 Å². The van der Waals surface area contributed by atoms with Gasteiger partial charge in [0.1, 0.15) is 5.56 Å². The predicted molar refractivity (Wildman–Crippen MR) is 76.3 cm³/mol. The number of hydrogen-bond donors (Lipinski definition) is 0. The van der Waals surface area contributed by atoms with Crippen molar-refractivity contribution in [2.45, 2.75) is 26.7 Å². The van der Waals surface area contributed by atoms with Gasteiger partial charge in [-0.05, 0) is 26.7 Å². The molecule has 0 heterocycles. The Labute approximate surface area is 121 Å². The minimum absolute atomic E-state index is 0.00102. The van der Waals surface area contributed by atoms with Crippen LogP contribution in [0.2, 0.25) is 0 Å². The Morgan fingerprint density at radius 1 is 1.05 bits per heavy atom. The number of allylic oxidation sites excluding steroid dienone is 2. The lowest BCUT2D eigenvalue weighted by Crippen LogP contribution is -2.39. The van der Waals surface area contributed by atoms with Crippen LogP contribution in [0.3, 0.4) is 0 Å². The summed E-state index contributed by atoms with van der Waals surface area (Å²) in [6.07, 6.45) is 1.09. The molecule has 0 aliphatic heterocycles. The fraction of sp³-hybridized carbons (Fsp3) is 0.375. The molecule has 2 atom stereocenters. The van der Waals surface area contributed by atoms with Crippen LogP contribution in [0.1, 0.15) is 47.4 Å². The van der Waals surface area contributed by atoms with E-state index in [0.717, 1.165) is 11.1 Å². The molecule has 0 fully saturated rings. The third-order valence-electron chi connectivity index (χ3n) is 4.69. The number of benzene rings is 1. The average Bonchev–Trinajstić information content (AvgIpc) is 2.46. The molecule has 0 radical (unpaired) electrons. The lowest BCUT2D eigenvalue weighted by atomic mass is 9.66. The molecule has 0 aromatic heterocycles. The molecule has 0 N–H and O–H groups in total. The highest BCUT2D eigenvalue weighted by Crippen LogP contribution is 2.43. The summed E-state index contributed by atoms with van der Waals surface area (Å²) < 4.78 is 0. The van der Waals surface area contributed by atoms with Gasteiger partial charge in [-0.15, -0.1) is 0 Å². The molecule has 0 amide bonds. The van der Waals surface area contributed by atoms with Gasteiger partial charge < -0.3 is 0 Å². The van der Waals surface area contributed by atoms with Crippen LogP contribution in [0.15, 0.2) is 29.3 Å². The molecular weight excluding hydrogens is 270 g/mol. The van der Waals surface area contributed by atoms with E-state index in [1.807, 2.05) is 13.8 Å². The lowest BCUT2D eigenvalue weighted by molar-refractivity contribution is -0.385. The van der Waals surface area contributed by atoms with Crippen LogP contribution >= 0.6 is 0 Å². The summed E-state index contributed by atoms with van der Waals surface area (Å²) in [5, 5.41) is 11.1. The number of ketones is 2. The van der Waals surface area contributed by atoms with Crippen molar-refractivity contribution in [2.24, 2.45) is 11.8 Å². The third kappa shape index (κ3) is 1.92. The molecule has 1 aromatic rings. The Kier molecular flexibility index (Phi) is 3.01. The summed E-state index contributed by atoms with van der Waals surface area (Å²) in [7, 11) is 0. The van der Waals surface area contributed by atoms with Crippen molar-refractivity contribution in [1.82, 2.24) is 0 Å². The Bertz CT molecular complexity index is 717. The topological polar surface area (TPSA) is 77.3 Å². The van der Waals surface area contributed by atoms with Crippen LogP contribution in [0.4, 0.5) is 5.69 Å². The van der Waals surface area contributed by atoms with Gasteiger partial charge in [-0.25, -0.2) is 0 Å². The van der Waals surface area contributed by atoms with Crippen molar-refractivity contribution in [3.8, 4) is 0 Å². The van der Waals surface area contributed by atoms with Gasteiger partial charge in [0.2, 0.25) is 0 Å². The summed E-state index contributed by atoms with van der Waals surface area (Å²) in [6.45, 7) is 3.94. The van der Waals surface area contributed by atoms with Gasteiger partial charge in [0.05, 0.1) is 4.92 Å². The molecule has 5 nitrogen and oxygen atoms in total. The molecule has 1 aromatic carbocycles. The zero-order valence-corrected chi connectivity index (χ0v) is 11.9. The number of rotatable bonds is 1. The summed E-state index contributed by atoms with van der Waals surface area (Å²) in [6, 6.07) is 4.29. The van der Waals surface area contributed by atoms with Gasteiger partial charge in [-0.1, -0.05) is 23.3 Å². The SMILES string of the molecule is CC1=C(C)CC2C(=O)c3c(cccc3[N+](=O)[O-])C(=O)C2C1. The van der Waals surface area contributed by atoms with Gasteiger partial charge in [0.15, 0.2) is 11.6 Å². The second-order valence-corrected chi connectivity index (χ2v) is 5.87. The number of hydrogen-bond acceptors (Lipinski definition) is 4. The van der Waals surface area contributed by atoms with Crippen LogP contribution in [0.5, 0.6) is 0 Å². The normalized spacial score (nSPS) is 24.7. The van der Waals surface area contributed by atoms with Gasteiger partial charge in [0.25, 0.3) is 5.69 Å². The molecule has 2 aliphatic rings. The summed E-state index contributed by atoms with van der Waals surface area (Å²) in [5.41, 5.74) is 2.21. The molecule has 5 heteroatoms. The van der Waals surface area contributed by atoms with E-state index < -0.39 is 10.8 Å². The minimum Gasteiger partial charge on any atom is -0.294 e. The van der Waals surface area contributed by atoms with Crippen molar-refractivity contribution in [2.75, 3.05) is 0 Å². The first-order valence-corrected chi connectivity index (χ1v) is 6.93. The molecule has 0 saturated carbocycles. The predicted octanol–water partition coefficient (Wildman–Crippen LogP) is 3.34. The fourth-order valence-electron chi connectivity index (χ4n) is 3.39. The van der Waals surface area contributed by atoms with Crippen molar-refractivity contribution in [3.63, 3.8) is 0 Å². The first-order valence-electron chi connectivity index (χ1n) is 6.93. The van der Waals surface area contributed by atoms with Crippen molar-refractivity contribution in [1.29, 1.82) is 0 Å². The maximum atomic E-state index is 12.7. The second-order valence-electron chi connectivity index (χ2n) is 5.87. The van der Waals surface area contributed by atoms with E-state index in [0.29, 0.717) is 12.8 Å². The first-order chi connectivity index (χ1) is 9.91. The monoisotopic (exact) mass is 285 g/mol. The number of Topliss-reactive ketones (excluding diaryl/α,β-unsaturated/α-hetero) is 2. The lowest BCUT2D eigenvalue weighted by Gasteiger charge is -2.35. The van der Waals surface area contributed by atoms with Crippen molar-refractivity contribution < 1.29 is 14.5 Å². The van der Waals surface area contributed by atoms with Gasteiger partial charge in [0, 0.05) is 23.5 Å². The number of nitro groups is 1. The Morgan fingerprint density at radius 3 is 2.19 bits per heavy atom. The maximum Gasteiger partial charge on any atom is 0.280 e. The number of nitrogens with zero attached hydrogens (tertiary/aromatic N) is 1. The van der Waals surface area contributed by atoms with Crippen molar-refractivity contribution >= 4 is 17.3 Å². The average molecular weight is 285 g/mol. The quantitative estimate of drug-likeness (QED) is 0.450. The number of carbonyl (C=O) groups excluding carboxylic acids is 2. The standard InChI is InChI=1S/C16H15NO4/c1-8-6-11-12(7-9(8)2)16(19)14-10(15(11)18)4-3-5-13(14)17(20)21/h3-5,11-12H,6-7H2,1-2H3. The molecule has 21 heavy (non-hydrogen) atoms. The molecule has 3 rings (SSSR count). The Balaban J connectivity index is 2.18. The minimum atomic E-state index is -0.582.